The van der Waals surface area contributed by atoms with Crippen molar-refractivity contribution in [3.63, 3.8) is 0 Å². The molecule has 0 saturated heterocycles. The van der Waals surface area contributed by atoms with E-state index in [4.69, 9.17) is 16.2 Å². The van der Waals surface area contributed by atoms with Gasteiger partial charge in [0.1, 0.15) is 5.82 Å². The number of Topliss-reactive ketones (excluding diaryl/α,β-unsaturated/α-hetero) is 1. The number of nitrogen functional groups attached to an aromatic ring is 1. The Labute approximate surface area is 94.8 Å². The number of aromatic nitrogens is 1. The van der Waals surface area contributed by atoms with Gasteiger partial charge in [-0.2, -0.15) is 0 Å². The Morgan fingerprint density at radius 2 is 2.38 bits per heavy atom. The summed E-state index contributed by atoms with van der Waals surface area (Å²) in [5, 5.41) is 0. The summed E-state index contributed by atoms with van der Waals surface area (Å²) in [4.78, 5) is 15.7. The van der Waals surface area contributed by atoms with Gasteiger partial charge in [0.2, 0.25) is 0 Å². The SMILES string of the molecule is COCCCC(N)C(=O)c1cccnc1N. The zero-order valence-electron chi connectivity index (χ0n) is 9.35. The lowest BCUT2D eigenvalue weighted by Gasteiger charge is -2.11. The topological polar surface area (TPSA) is 91.2 Å². The smallest absolute Gasteiger partial charge is 0.183 e. The van der Waals surface area contributed by atoms with Gasteiger partial charge in [-0.3, -0.25) is 4.79 Å². The van der Waals surface area contributed by atoms with Crippen molar-refractivity contribution >= 4 is 11.6 Å². The molecule has 0 spiro atoms. The van der Waals surface area contributed by atoms with E-state index in [1.54, 1.807) is 25.4 Å². The summed E-state index contributed by atoms with van der Waals surface area (Å²) in [6.07, 6.45) is 2.88. The third-order valence-corrected chi connectivity index (χ3v) is 2.30. The van der Waals surface area contributed by atoms with Crippen LogP contribution >= 0.6 is 0 Å². The van der Waals surface area contributed by atoms with E-state index < -0.39 is 6.04 Å². The van der Waals surface area contributed by atoms with Gasteiger partial charge in [0.25, 0.3) is 0 Å². The number of rotatable bonds is 6. The minimum atomic E-state index is -0.540. The standard InChI is InChI=1S/C11H17N3O2/c1-16-7-3-5-9(12)10(15)8-4-2-6-14-11(8)13/h2,4,6,9H,3,5,7,12H2,1H3,(H2,13,14). The van der Waals surface area contributed by atoms with E-state index in [0.717, 1.165) is 6.42 Å². The van der Waals surface area contributed by atoms with Gasteiger partial charge >= 0.3 is 0 Å². The van der Waals surface area contributed by atoms with Crippen LogP contribution in [-0.4, -0.2) is 30.5 Å². The van der Waals surface area contributed by atoms with Crippen LogP contribution in [0.1, 0.15) is 23.2 Å². The predicted molar refractivity (Wildman–Crippen MR) is 62.1 cm³/mol. The van der Waals surface area contributed by atoms with Gasteiger partial charge in [-0.05, 0) is 25.0 Å². The fraction of sp³-hybridized carbons (Fsp3) is 0.455. The highest BCUT2D eigenvalue weighted by Crippen LogP contribution is 2.11. The molecule has 1 unspecified atom stereocenters. The van der Waals surface area contributed by atoms with Gasteiger partial charge in [-0.1, -0.05) is 0 Å². The molecule has 0 aliphatic rings. The molecular formula is C11H17N3O2. The van der Waals surface area contributed by atoms with Gasteiger partial charge in [0, 0.05) is 19.9 Å². The lowest BCUT2D eigenvalue weighted by molar-refractivity contribution is 0.0951. The third-order valence-electron chi connectivity index (χ3n) is 2.30. The number of ether oxygens (including phenoxy) is 1. The first-order valence-corrected chi connectivity index (χ1v) is 5.16. The number of nitrogens with zero attached hydrogens (tertiary/aromatic N) is 1. The van der Waals surface area contributed by atoms with E-state index in [1.165, 1.54) is 0 Å². The zero-order valence-corrected chi connectivity index (χ0v) is 9.35. The first kappa shape index (κ1) is 12.6. The fourth-order valence-corrected chi connectivity index (χ4v) is 1.40. The molecule has 1 atom stereocenters. The summed E-state index contributed by atoms with van der Waals surface area (Å²) >= 11 is 0. The molecule has 0 saturated carbocycles. The highest BCUT2D eigenvalue weighted by Gasteiger charge is 2.17. The van der Waals surface area contributed by atoms with Crippen molar-refractivity contribution in [2.45, 2.75) is 18.9 Å². The maximum absolute atomic E-state index is 11.9. The second-order valence-electron chi connectivity index (χ2n) is 3.54. The average molecular weight is 223 g/mol. The lowest BCUT2D eigenvalue weighted by atomic mass is 10.0. The maximum Gasteiger partial charge on any atom is 0.183 e. The summed E-state index contributed by atoms with van der Waals surface area (Å²) in [6.45, 7) is 0.601. The zero-order chi connectivity index (χ0) is 12.0. The van der Waals surface area contributed by atoms with Gasteiger partial charge in [0.05, 0.1) is 11.6 Å². The van der Waals surface area contributed by atoms with Gasteiger partial charge in [0.15, 0.2) is 5.78 Å². The monoisotopic (exact) mass is 223 g/mol. The Kier molecular flexibility index (Phi) is 4.88. The van der Waals surface area contributed by atoms with Crippen LogP contribution in [0, 0.1) is 0 Å². The summed E-state index contributed by atoms with van der Waals surface area (Å²) in [6, 6.07) is 2.77. The minimum absolute atomic E-state index is 0.165. The Hall–Kier alpha value is -1.46. The molecule has 0 fully saturated rings. The van der Waals surface area contributed by atoms with E-state index in [-0.39, 0.29) is 11.6 Å². The van der Waals surface area contributed by atoms with Gasteiger partial charge in [-0.15, -0.1) is 0 Å². The number of carbonyl (C=O) groups is 1. The van der Waals surface area contributed by atoms with Crippen molar-refractivity contribution in [3.05, 3.63) is 23.9 Å². The number of nitrogens with two attached hydrogens (primary N) is 2. The van der Waals surface area contributed by atoms with Crippen molar-refractivity contribution in [2.75, 3.05) is 19.5 Å². The van der Waals surface area contributed by atoms with Crippen molar-refractivity contribution in [2.24, 2.45) is 5.73 Å². The second-order valence-corrected chi connectivity index (χ2v) is 3.54. The molecule has 88 valence electrons. The van der Waals surface area contributed by atoms with E-state index in [2.05, 4.69) is 4.98 Å². The van der Waals surface area contributed by atoms with Crippen LogP contribution in [0.5, 0.6) is 0 Å². The summed E-state index contributed by atoms with van der Waals surface area (Å²) in [5.74, 6) is 0.0661. The van der Waals surface area contributed by atoms with E-state index in [0.29, 0.717) is 18.6 Å². The number of pyridine rings is 1. The Bertz CT molecular complexity index is 355. The molecule has 4 N–H and O–H groups in total. The largest absolute Gasteiger partial charge is 0.385 e. The first-order valence-electron chi connectivity index (χ1n) is 5.16. The number of ketones is 1. The summed E-state index contributed by atoms with van der Waals surface area (Å²) in [5.41, 5.74) is 11.8. The number of hydrogen-bond donors (Lipinski definition) is 2. The summed E-state index contributed by atoms with van der Waals surface area (Å²) < 4.78 is 4.90. The molecule has 1 aromatic rings. The Balaban J connectivity index is 2.60. The van der Waals surface area contributed by atoms with Crippen molar-refractivity contribution < 1.29 is 9.53 Å². The van der Waals surface area contributed by atoms with Crippen LogP contribution in [0.4, 0.5) is 5.82 Å². The number of methoxy groups -OCH3 is 1. The molecule has 1 rings (SSSR count). The molecule has 0 radical (unpaired) electrons. The van der Waals surface area contributed by atoms with Gasteiger partial charge in [-0.25, -0.2) is 4.98 Å². The molecule has 0 bridgehead atoms. The second kappa shape index (κ2) is 6.19. The van der Waals surface area contributed by atoms with Crippen LogP contribution in [0.3, 0.4) is 0 Å². The Morgan fingerprint density at radius 1 is 1.62 bits per heavy atom. The van der Waals surface area contributed by atoms with Crippen LogP contribution < -0.4 is 11.5 Å². The Morgan fingerprint density at radius 3 is 3.00 bits per heavy atom. The highest BCUT2D eigenvalue weighted by molar-refractivity contribution is 6.03. The van der Waals surface area contributed by atoms with Crippen molar-refractivity contribution in [1.82, 2.24) is 4.98 Å². The molecule has 5 heteroatoms. The molecular weight excluding hydrogens is 206 g/mol. The first-order chi connectivity index (χ1) is 7.66. The van der Waals surface area contributed by atoms with Crippen LogP contribution in [0.15, 0.2) is 18.3 Å². The number of anilines is 1. The number of hydrogen-bond acceptors (Lipinski definition) is 5. The van der Waals surface area contributed by atoms with Crippen LogP contribution in [-0.2, 0) is 4.74 Å². The third kappa shape index (κ3) is 3.29. The number of carbonyl (C=O) groups excluding carboxylic acids is 1. The minimum Gasteiger partial charge on any atom is -0.385 e. The fourth-order valence-electron chi connectivity index (χ4n) is 1.40. The molecule has 0 aromatic carbocycles. The molecule has 5 nitrogen and oxygen atoms in total. The van der Waals surface area contributed by atoms with Crippen LogP contribution in [0.2, 0.25) is 0 Å². The normalized spacial score (nSPS) is 12.4. The van der Waals surface area contributed by atoms with Crippen molar-refractivity contribution in [1.29, 1.82) is 0 Å². The molecule has 16 heavy (non-hydrogen) atoms. The van der Waals surface area contributed by atoms with Crippen LogP contribution in [0.25, 0.3) is 0 Å². The molecule has 1 heterocycles. The molecule has 0 aliphatic carbocycles. The van der Waals surface area contributed by atoms with Gasteiger partial charge < -0.3 is 16.2 Å². The molecule has 1 aromatic heterocycles. The quantitative estimate of drug-likeness (QED) is 0.544. The lowest BCUT2D eigenvalue weighted by Crippen LogP contribution is -2.31. The molecule has 0 amide bonds. The maximum atomic E-state index is 11.9. The molecule has 0 aliphatic heterocycles. The van der Waals surface area contributed by atoms with E-state index >= 15 is 0 Å². The highest BCUT2D eigenvalue weighted by atomic mass is 16.5. The van der Waals surface area contributed by atoms with E-state index in [9.17, 15) is 4.79 Å². The van der Waals surface area contributed by atoms with E-state index in [1.807, 2.05) is 0 Å². The van der Waals surface area contributed by atoms with Crippen molar-refractivity contribution in [3.8, 4) is 0 Å². The summed E-state index contributed by atoms with van der Waals surface area (Å²) in [7, 11) is 1.62. The average Bonchev–Trinajstić information content (AvgIpc) is 2.29. The predicted octanol–water partition coefficient (Wildman–Crippen LogP) is 0.600.